The van der Waals surface area contributed by atoms with Crippen LogP contribution in [0.15, 0.2) is 164 Å². The summed E-state index contributed by atoms with van der Waals surface area (Å²) in [7, 11) is 0. The summed E-state index contributed by atoms with van der Waals surface area (Å²) in [5.74, 6) is 4.90. The first-order chi connectivity index (χ1) is 25.1. The molecule has 2 saturated carbocycles. The van der Waals surface area contributed by atoms with Crippen molar-refractivity contribution in [1.82, 2.24) is 0 Å². The van der Waals surface area contributed by atoms with Gasteiger partial charge >= 0.3 is 0 Å². The molecule has 0 amide bonds. The Morgan fingerprint density at radius 2 is 1.18 bits per heavy atom. The Labute approximate surface area is 304 Å². The summed E-state index contributed by atoms with van der Waals surface area (Å²) in [6.07, 6.45) is 10.00. The highest BCUT2D eigenvalue weighted by molar-refractivity contribution is 5.81. The molecule has 0 heterocycles. The standard InChI is InChI=1S/C49H47NO/c1-3-36-31-41-20-12-21-42(32-36)47(41)34-43-18-10-11-23-49(43)51-48-29-28-46(30-35(48)2)50(44-26-24-39(25-27-44)37-14-6-4-7-15-37)45-22-13-19-40(33-45)38-16-8-5-9-17-38/h3-11,13-19,22-30,33,36,41-42,47H,1,12,20-21,31-32,34H2,2H3/t36-,41-,42?,47?/m0/s1. The van der Waals surface area contributed by atoms with Crippen LogP contribution in [0.25, 0.3) is 22.3 Å². The van der Waals surface area contributed by atoms with E-state index in [0.29, 0.717) is 5.92 Å². The number of rotatable bonds is 10. The van der Waals surface area contributed by atoms with Crippen LogP contribution in [0.4, 0.5) is 17.1 Å². The normalized spacial score (nSPS) is 19.6. The molecule has 6 aromatic rings. The van der Waals surface area contributed by atoms with E-state index >= 15 is 0 Å². The van der Waals surface area contributed by atoms with Gasteiger partial charge in [-0.25, -0.2) is 0 Å². The van der Waals surface area contributed by atoms with Gasteiger partial charge in [0, 0.05) is 17.1 Å². The Kier molecular flexibility index (Phi) is 9.58. The maximum absolute atomic E-state index is 6.80. The first-order valence-corrected chi connectivity index (χ1v) is 18.7. The predicted molar refractivity (Wildman–Crippen MR) is 214 cm³/mol. The predicted octanol–water partition coefficient (Wildman–Crippen LogP) is 13.8. The molecule has 51 heavy (non-hydrogen) atoms. The lowest BCUT2D eigenvalue weighted by atomic mass is 9.60. The van der Waals surface area contributed by atoms with Crippen molar-refractivity contribution in [3.05, 3.63) is 175 Å². The maximum atomic E-state index is 6.80. The van der Waals surface area contributed by atoms with E-state index in [0.717, 1.165) is 58.3 Å². The second-order valence-corrected chi connectivity index (χ2v) is 14.6. The molecule has 0 aliphatic heterocycles. The monoisotopic (exact) mass is 665 g/mol. The van der Waals surface area contributed by atoms with Crippen LogP contribution in [0, 0.1) is 30.6 Å². The summed E-state index contributed by atoms with van der Waals surface area (Å²) >= 11 is 0. The van der Waals surface area contributed by atoms with Crippen molar-refractivity contribution in [2.45, 2.75) is 45.4 Å². The SMILES string of the molecule is C=C[C@@H]1CC2CCC[C@@H](C1)C2Cc1ccccc1Oc1ccc(N(c2ccc(-c3ccccc3)cc2)c2cccc(-c3ccccc3)c2)cc1C. The average molecular weight is 666 g/mol. The van der Waals surface area contributed by atoms with E-state index in [1.54, 1.807) is 0 Å². The number of nitrogens with zero attached hydrogens (tertiary/aromatic N) is 1. The maximum Gasteiger partial charge on any atom is 0.130 e. The van der Waals surface area contributed by atoms with E-state index in [1.807, 2.05) is 0 Å². The van der Waals surface area contributed by atoms with Gasteiger partial charge in [-0.05, 0) is 132 Å². The highest BCUT2D eigenvalue weighted by atomic mass is 16.5. The molecule has 0 saturated heterocycles. The van der Waals surface area contributed by atoms with E-state index < -0.39 is 0 Å². The number of allylic oxidation sites excluding steroid dienone is 1. The van der Waals surface area contributed by atoms with E-state index in [1.165, 1.54) is 59.9 Å². The highest BCUT2D eigenvalue weighted by Gasteiger charge is 2.39. The molecule has 0 spiro atoms. The summed E-state index contributed by atoms with van der Waals surface area (Å²) in [5.41, 5.74) is 10.6. The molecule has 2 unspecified atom stereocenters. The topological polar surface area (TPSA) is 12.5 Å². The molecule has 4 atom stereocenters. The first kappa shape index (κ1) is 32.8. The number of ether oxygens (including phenoxy) is 1. The van der Waals surface area contributed by atoms with Crippen LogP contribution in [0.5, 0.6) is 11.5 Å². The number of fused-ring (bicyclic) bond motifs is 2. The molecular weight excluding hydrogens is 619 g/mol. The number of hydrogen-bond acceptors (Lipinski definition) is 2. The van der Waals surface area contributed by atoms with E-state index in [4.69, 9.17) is 4.74 Å². The number of aryl methyl sites for hydroxylation is 1. The molecule has 0 radical (unpaired) electrons. The van der Waals surface area contributed by atoms with E-state index in [2.05, 4.69) is 176 Å². The minimum Gasteiger partial charge on any atom is -0.457 e. The van der Waals surface area contributed by atoms with Gasteiger partial charge in [-0.1, -0.05) is 128 Å². The molecule has 0 aromatic heterocycles. The van der Waals surface area contributed by atoms with Crippen molar-refractivity contribution >= 4 is 17.1 Å². The molecule has 2 fully saturated rings. The number of benzene rings is 6. The van der Waals surface area contributed by atoms with Crippen molar-refractivity contribution in [3.63, 3.8) is 0 Å². The second kappa shape index (κ2) is 14.9. The average Bonchev–Trinajstić information content (AvgIpc) is 3.18. The van der Waals surface area contributed by atoms with Crippen LogP contribution in [-0.4, -0.2) is 0 Å². The molecular formula is C49H47NO. The fourth-order valence-corrected chi connectivity index (χ4v) is 8.81. The summed E-state index contributed by atoms with van der Waals surface area (Å²) < 4.78 is 6.80. The van der Waals surface area contributed by atoms with Gasteiger partial charge < -0.3 is 9.64 Å². The minimum atomic E-state index is 0.686. The van der Waals surface area contributed by atoms with Crippen LogP contribution >= 0.6 is 0 Å². The third-order valence-electron chi connectivity index (χ3n) is 11.4. The lowest BCUT2D eigenvalue weighted by molar-refractivity contribution is 0.0698. The van der Waals surface area contributed by atoms with Gasteiger partial charge in [0.2, 0.25) is 0 Å². The first-order valence-electron chi connectivity index (χ1n) is 18.7. The molecule has 2 aliphatic rings. The zero-order valence-electron chi connectivity index (χ0n) is 29.6. The van der Waals surface area contributed by atoms with Crippen LogP contribution < -0.4 is 9.64 Å². The number of hydrogen-bond donors (Lipinski definition) is 0. The summed E-state index contributed by atoms with van der Waals surface area (Å²) in [5, 5.41) is 0. The van der Waals surface area contributed by atoms with Gasteiger partial charge in [-0.15, -0.1) is 6.58 Å². The molecule has 0 N–H and O–H groups in total. The van der Waals surface area contributed by atoms with E-state index in [-0.39, 0.29) is 0 Å². The third-order valence-corrected chi connectivity index (χ3v) is 11.4. The molecule has 254 valence electrons. The van der Waals surface area contributed by atoms with Crippen LogP contribution in [0.3, 0.4) is 0 Å². The van der Waals surface area contributed by atoms with Crippen molar-refractivity contribution in [1.29, 1.82) is 0 Å². The Balaban J connectivity index is 1.10. The van der Waals surface area contributed by atoms with Gasteiger partial charge in [-0.3, -0.25) is 0 Å². The summed E-state index contributed by atoms with van der Waals surface area (Å²) in [6, 6.07) is 54.2. The molecule has 2 nitrogen and oxygen atoms in total. The molecule has 6 aromatic carbocycles. The van der Waals surface area contributed by atoms with Crippen molar-refractivity contribution in [2.75, 3.05) is 4.90 Å². The Morgan fingerprint density at radius 1 is 0.588 bits per heavy atom. The zero-order valence-corrected chi connectivity index (χ0v) is 29.6. The van der Waals surface area contributed by atoms with Gasteiger partial charge in [0.05, 0.1) is 0 Å². The lowest BCUT2D eigenvalue weighted by Crippen LogP contribution is -2.37. The van der Waals surface area contributed by atoms with Gasteiger partial charge in [0.1, 0.15) is 11.5 Å². The zero-order chi connectivity index (χ0) is 34.6. The lowest BCUT2D eigenvalue weighted by Gasteiger charge is -2.45. The Bertz CT molecular complexity index is 2070. The van der Waals surface area contributed by atoms with Crippen molar-refractivity contribution in [3.8, 4) is 33.8 Å². The van der Waals surface area contributed by atoms with Crippen molar-refractivity contribution in [2.24, 2.45) is 23.7 Å². The quantitative estimate of drug-likeness (QED) is 0.135. The summed E-state index contributed by atoms with van der Waals surface area (Å²) in [6.45, 7) is 6.32. The highest BCUT2D eigenvalue weighted by Crippen LogP contribution is 2.49. The fraction of sp³-hybridized carbons (Fsp3) is 0.224. The molecule has 8 rings (SSSR count). The smallest absolute Gasteiger partial charge is 0.130 e. The van der Waals surface area contributed by atoms with Crippen LogP contribution in [0.2, 0.25) is 0 Å². The Morgan fingerprint density at radius 3 is 1.86 bits per heavy atom. The van der Waals surface area contributed by atoms with Gasteiger partial charge in [-0.2, -0.15) is 0 Å². The van der Waals surface area contributed by atoms with Crippen molar-refractivity contribution < 1.29 is 4.74 Å². The third kappa shape index (κ3) is 7.14. The van der Waals surface area contributed by atoms with Crippen LogP contribution in [0.1, 0.15) is 43.2 Å². The molecule has 2 aliphatic carbocycles. The summed E-state index contributed by atoms with van der Waals surface area (Å²) in [4.78, 5) is 2.35. The second-order valence-electron chi connectivity index (χ2n) is 14.6. The molecule has 2 heteroatoms. The van der Waals surface area contributed by atoms with Gasteiger partial charge in [0.15, 0.2) is 0 Å². The number of anilines is 3. The van der Waals surface area contributed by atoms with Crippen LogP contribution in [-0.2, 0) is 6.42 Å². The number of para-hydroxylation sites is 1. The fourth-order valence-electron chi connectivity index (χ4n) is 8.81. The molecule has 2 bridgehead atoms. The Hall–Kier alpha value is -5.34. The van der Waals surface area contributed by atoms with E-state index in [9.17, 15) is 0 Å². The largest absolute Gasteiger partial charge is 0.457 e. The van der Waals surface area contributed by atoms with Gasteiger partial charge in [0.25, 0.3) is 0 Å². The minimum absolute atomic E-state index is 0.686.